The van der Waals surface area contributed by atoms with Crippen molar-refractivity contribution >= 4 is 29.5 Å². The number of hydrogen-bond acceptors (Lipinski definition) is 4. The minimum atomic E-state index is -1.12. The lowest BCUT2D eigenvalue weighted by Crippen LogP contribution is -2.51. The number of hydrogen-bond donors (Lipinski definition) is 3. The lowest BCUT2D eigenvalue weighted by Gasteiger charge is -2.19. The number of nitrogens with one attached hydrogen (secondary N) is 2. The van der Waals surface area contributed by atoms with E-state index in [0.29, 0.717) is 17.7 Å². The van der Waals surface area contributed by atoms with Gasteiger partial charge in [0.2, 0.25) is 5.91 Å². The van der Waals surface area contributed by atoms with Crippen LogP contribution >= 0.6 is 11.8 Å². The maximum absolute atomic E-state index is 12.3. The molecule has 1 aromatic rings. The summed E-state index contributed by atoms with van der Waals surface area (Å²) >= 11 is 1.55. The highest BCUT2D eigenvalue weighted by Gasteiger charge is 2.24. The molecule has 2 atom stereocenters. The molecule has 1 unspecified atom stereocenters. The fourth-order valence-corrected chi connectivity index (χ4v) is 2.38. The highest BCUT2D eigenvalue weighted by Crippen LogP contribution is 2.07. The lowest BCUT2D eigenvalue weighted by atomic mass is 10.1. The van der Waals surface area contributed by atoms with E-state index < -0.39 is 24.0 Å². The molecule has 0 aliphatic rings. The highest BCUT2D eigenvalue weighted by molar-refractivity contribution is 7.98. The number of benzene rings is 1. The van der Waals surface area contributed by atoms with Crippen LogP contribution in [0.4, 0.5) is 0 Å². The second kappa shape index (κ2) is 9.19. The molecule has 3 N–H and O–H groups in total. The molecular formula is C16H22N2O4S. The van der Waals surface area contributed by atoms with Crippen molar-refractivity contribution in [3.8, 4) is 0 Å². The van der Waals surface area contributed by atoms with Gasteiger partial charge in [0.15, 0.2) is 0 Å². The zero-order chi connectivity index (χ0) is 17.4. The molecule has 0 saturated heterocycles. The summed E-state index contributed by atoms with van der Waals surface area (Å²) in [6.45, 7) is 3.26. The van der Waals surface area contributed by atoms with Crippen LogP contribution < -0.4 is 10.6 Å². The van der Waals surface area contributed by atoms with Crippen molar-refractivity contribution in [3.63, 3.8) is 0 Å². The minimum Gasteiger partial charge on any atom is -0.480 e. The van der Waals surface area contributed by atoms with Gasteiger partial charge in [-0.2, -0.15) is 11.8 Å². The Hall–Kier alpha value is -2.02. The maximum Gasteiger partial charge on any atom is 0.325 e. The Morgan fingerprint density at radius 2 is 1.96 bits per heavy atom. The summed E-state index contributed by atoms with van der Waals surface area (Å²) in [5, 5.41) is 13.9. The van der Waals surface area contributed by atoms with Gasteiger partial charge in [-0.05, 0) is 44.4 Å². The number of carboxylic acid groups (broad SMARTS) is 1. The van der Waals surface area contributed by atoms with E-state index >= 15 is 0 Å². The molecule has 0 aliphatic heterocycles. The first-order valence-electron chi connectivity index (χ1n) is 7.24. The number of thioether (sulfide) groups is 1. The van der Waals surface area contributed by atoms with E-state index in [4.69, 9.17) is 5.11 Å². The van der Waals surface area contributed by atoms with E-state index in [1.807, 2.05) is 19.2 Å². The van der Waals surface area contributed by atoms with Gasteiger partial charge >= 0.3 is 5.97 Å². The van der Waals surface area contributed by atoms with Gasteiger partial charge < -0.3 is 15.7 Å². The van der Waals surface area contributed by atoms with Crippen LogP contribution in [0.15, 0.2) is 24.3 Å². The average molecular weight is 338 g/mol. The topological polar surface area (TPSA) is 95.5 Å². The molecule has 0 aliphatic carbocycles. The number of rotatable bonds is 8. The van der Waals surface area contributed by atoms with Gasteiger partial charge in [-0.25, -0.2) is 0 Å². The number of amides is 2. The molecule has 0 bridgehead atoms. The van der Waals surface area contributed by atoms with Crippen molar-refractivity contribution in [2.45, 2.75) is 32.4 Å². The van der Waals surface area contributed by atoms with Gasteiger partial charge in [0.1, 0.15) is 12.1 Å². The first-order valence-corrected chi connectivity index (χ1v) is 8.64. The Balaban J connectivity index is 2.79. The first-order chi connectivity index (χ1) is 10.8. The number of carboxylic acids is 1. The van der Waals surface area contributed by atoms with E-state index in [1.54, 1.807) is 30.0 Å². The molecule has 0 saturated carbocycles. The largest absolute Gasteiger partial charge is 0.480 e. The monoisotopic (exact) mass is 338 g/mol. The van der Waals surface area contributed by atoms with Crippen LogP contribution in [0, 0.1) is 6.92 Å². The first kappa shape index (κ1) is 19.0. The highest BCUT2D eigenvalue weighted by atomic mass is 32.2. The molecule has 126 valence electrons. The summed E-state index contributed by atoms with van der Waals surface area (Å²) in [6, 6.07) is 5.29. The Kier molecular flexibility index (Phi) is 7.61. The second-order valence-corrected chi connectivity index (χ2v) is 6.23. The fourth-order valence-electron chi connectivity index (χ4n) is 1.91. The predicted octanol–water partition coefficient (Wildman–Crippen LogP) is 1.44. The third-order valence-electron chi connectivity index (χ3n) is 3.24. The molecule has 6 nitrogen and oxygen atoms in total. The maximum atomic E-state index is 12.3. The molecule has 0 aromatic heterocycles. The van der Waals surface area contributed by atoms with Crippen molar-refractivity contribution in [2.24, 2.45) is 0 Å². The van der Waals surface area contributed by atoms with Crippen molar-refractivity contribution in [1.82, 2.24) is 10.6 Å². The van der Waals surface area contributed by atoms with Crippen molar-refractivity contribution in [1.29, 1.82) is 0 Å². The summed E-state index contributed by atoms with van der Waals surface area (Å²) in [5.41, 5.74) is 1.42. The molecule has 7 heteroatoms. The predicted molar refractivity (Wildman–Crippen MR) is 90.7 cm³/mol. The summed E-state index contributed by atoms with van der Waals surface area (Å²) in [4.78, 5) is 35.3. The zero-order valence-corrected chi connectivity index (χ0v) is 14.3. The van der Waals surface area contributed by atoms with Crippen molar-refractivity contribution in [2.75, 3.05) is 12.0 Å². The smallest absolute Gasteiger partial charge is 0.325 e. The molecule has 1 aromatic carbocycles. The van der Waals surface area contributed by atoms with Crippen LogP contribution in [0.1, 0.15) is 29.3 Å². The van der Waals surface area contributed by atoms with E-state index in [1.165, 1.54) is 6.92 Å². The van der Waals surface area contributed by atoms with Gasteiger partial charge in [0, 0.05) is 5.56 Å². The van der Waals surface area contributed by atoms with Gasteiger partial charge in [0.05, 0.1) is 0 Å². The van der Waals surface area contributed by atoms with Crippen LogP contribution in [0.5, 0.6) is 0 Å². The molecule has 0 spiro atoms. The van der Waals surface area contributed by atoms with Crippen LogP contribution in [-0.2, 0) is 9.59 Å². The quantitative estimate of drug-likeness (QED) is 0.666. The number of carbonyl (C=O) groups excluding carboxylic acids is 2. The van der Waals surface area contributed by atoms with Crippen LogP contribution in [0.25, 0.3) is 0 Å². The Bertz CT molecular complexity index is 577. The van der Waals surface area contributed by atoms with E-state index in [0.717, 1.165) is 5.56 Å². The van der Waals surface area contributed by atoms with Crippen LogP contribution in [0.2, 0.25) is 0 Å². The van der Waals surface area contributed by atoms with Gasteiger partial charge in [-0.3, -0.25) is 14.4 Å². The fraction of sp³-hybridized carbons (Fsp3) is 0.438. The third-order valence-corrected chi connectivity index (χ3v) is 3.89. The Labute approximate surface area is 140 Å². The molecular weight excluding hydrogens is 316 g/mol. The average Bonchev–Trinajstić information content (AvgIpc) is 2.50. The normalized spacial score (nSPS) is 13.0. The molecule has 1 rings (SSSR count). The van der Waals surface area contributed by atoms with Gasteiger partial charge in [0.25, 0.3) is 5.91 Å². The Morgan fingerprint density at radius 1 is 1.26 bits per heavy atom. The molecule has 0 radical (unpaired) electrons. The zero-order valence-electron chi connectivity index (χ0n) is 13.5. The second-order valence-electron chi connectivity index (χ2n) is 5.25. The van der Waals surface area contributed by atoms with Crippen molar-refractivity contribution < 1.29 is 19.5 Å². The van der Waals surface area contributed by atoms with Crippen molar-refractivity contribution in [3.05, 3.63) is 35.4 Å². The standard InChI is InChI=1S/C16H22N2O4S/c1-10-5-4-6-12(9-10)14(19)18-13(7-8-23-3)15(20)17-11(2)16(21)22/h4-6,9,11,13H,7-8H2,1-3H3,(H,17,20)(H,18,19)(H,21,22)/t11-,13?/m1/s1. The van der Waals surface area contributed by atoms with Gasteiger partial charge in [-0.15, -0.1) is 0 Å². The van der Waals surface area contributed by atoms with Crippen LogP contribution in [-0.4, -0.2) is 47.0 Å². The molecule has 23 heavy (non-hydrogen) atoms. The molecule has 0 heterocycles. The Morgan fingerprint density at radius 3 is 2.52 bits per heavy atom. The number of carbonyl (C=O) groups is 3. The number of aryl methyl sites for hydroxylation is 1. The molecule has 0 fully saturated rings. The summed E-state index contributed by atoms with van der Waals surface area (Å²) in [6.07, 6.45) is 2.33. The number of aliphatic carboxylic acids is 1. The summed E-state index contributed by atoms with van der Waals surface area (Å²) in [7, 11) is 0. The van der Waals surface area contributed by atoms with Gasteiger partial charge in [-0.1, -0.05) is 17.7 Å². The summed E-state index contributed by atoms with van der Waals surface area (Å²) in [5.74, 6) is -1.28. The third kappa shape index (κ3) is 6.32. The lowest BCUT2D eigenvalue weighted by molar-refractivity contribution is -0.141. The van der Waals surface area contributed by atoms with Crippen LogP contribution in [0.3, 0.4) is 0 Å². The minimum absolute atomic E-state index is 0.349. The SMILES string of the molecule is CSCCC(NC(=O)c1cccc(C)c1)C(=O)N[C@H](C)C(=O)O. The molecule has 2 amide bonds. The van der Waals surface area contributed by atoms with E-state index in [9.17, 15) is 14.4 Å². The van der Waals surface area contributed by atoms with E-state index in [-0.39, 0.29) is 5.91 Å². The summed E-state index contributed by atoms with van der Waals surface area (Å²) < 4.78 is 0. The van der Waals surface area contributed by atoms with E-state index in [2.05, 4.69) is 10.6 Å².